The lowest BCUT2D eigenvalue weighted by Crippen LogP contribution is -2.47. The summed E-state index contributed by atoms with van der Waals surface area (Å²) in [5.41, 5.74) is 2.78. The normalized spacial score (nSPS) is 17.4. The molecule has 0 spiro atoms. The van der Waals surface area contributed by atoms with Gasteiger partial charge in [0.2, 0.25) is 0 Å². The van der Waals surface area contributed by atoms with E-state index in [-0.39, 0.29) is 17.7 Å². The number of benzene rings is 2. The molecule has 1 atom stereocenters. The monoisotopic (exact) mass is 265 g/mol. The van der Waals surface area contributed by atoms with Crippen molar-refractivity contribution in [3.8, 4) is 11.1 Å². The molecule has 1 aliphatic rings. The highest BCUT2D eigenvalue weighted by Crippen LogP contribution is 2.20. The molecule has 3 nitrogen and oxygen atoms in total. The van der Waals surface area contributed by atoms with Gasteiger partial charge in [-0.25, -0.2) is 0 Å². The summed E-state index contributed by atoms with van der Waals surface area (Å²) in [7, 11) is 0. The van der Waals surface area contributed by atoms with Crippen LogP contribution in [-0.4, -0.2) is 17.7 Å². The van der Waals surface area contributed by atoms with Crippen molar-refractivity contribution in [2.75, 3.05) is 0 Å². The second kappa shape index (κ2) is 5.29. The first kappa shape index (κ1) is 12.6. The minimum absolute atomic E-state index is 0.124. The van der Waals surface area contributed by atoms with E-state index < -0.39 is 0 Å². The molecule has 0 saturated heterocycles. The number of amides is 1. The van der Waals surface area contributed by atoms with E-state index in [9.17, 15) is 9.59 Å². The van der Waals surface area contributed by atoms with Gasteiger partial charge < -0.3 is 5.32 Å². The topological polar surface area (TPSA) is 46.2 Å². The van der Waals surface area contributed by atoms with Crippen LogP contribution < -0.4 is 5.32 Å². The number of carbonyl (C=O) groups is 2. The maximum absolute atomic E-state index is 12.0. The lowest BCUT2D eigenvalue weighted by molar-refractivity contribution is -0.126. The van der Waals surface area contributed by atoms with Gasteiger partial charge in [0.1, 0.15) is 0 Å². The van der Waals surface area contributed by atoms with Gasteiger partial charge in [-0.05, 0) is 29.7 Å². The van der Waals surface area contributed by atoms with Crippen molar-refractivity contribution in [1.82, 2.24) is 5.32 Å². The largest absolute Gasteiger partial charge is 0.342 e. The summed E-state index contributed by atoms with van der Waals surface area (Å²) >= 11 is 0. The lowest BCUT2D eigenvalue weighted by atomic mass is 9.91. The van der Waals surface area contributed by atoms with Gasteiger partial charge in [0.15, 0.2) is 5.78 Å². The summed E-state index contributed by atoms with van der Waals surface area (Å²) in [6, 6.07) is 17.2. The van der Waals surface area contributed by atoms with E-state index in [0.29, 0.717) is 12.0 Å². The zero-order valence-corrected chi connectivity index (χ0v) is 11.0. The Morgan fingerprint density at radius 2 is 1.60 bits per heavy atom. The van der Waals surface area contributed by atoms with Crippen LogP contribution in [0.2, 0.25) is 0 Å². The van der Waals surface area contributed by atoms with Crippen LogP contribution in [0.15, 0.2) is 54.6 Å². The molecule has 1 aliphatic carbocycles. The standard InChI is InChI=1S/C17H15NO2/c19-16-11-10-15(16)18-17(20)14-8-6-13(7-9-14)12-4-2-1-3-5-12/h1-9,15H,10-11H2,(H,18,20)/t15-/m0/s1. The van der Waals surface area contributed by atoms with Gasteiger partial charge in [0.05, 0.1) is 6.04 Å². The highest BCUT2D eigenvalue weighted by molar-refractivity contribution is 6.00. The van der Waals surface area contributed by atoms with Crippen LogP contribution in [0.3, 0.4) is 0 Å². The number of carbonyl (C=O) groups excluding carboxylic acids is 2. The second-order valence-electron chi connectivity index (χ2n) is 4.97. The summed E-state index contributed by atoms with van der Waals surface area (Å²) in [5.74, 6) is -0.0538. The van der Waals surface area contributed by atoms with Gasteiger partial charge >= 0.3 is 0 Å². The number of hydrogen-bond donors (Lipinski definition) is 1. The SMILES string of the molecule is O=C(N[C@H]1CCC1=O)c1ccc(-c2ccccc2)cc1. The fourth-order valence-electron chi connectivity index (χ4n) is 2.25. The van der Waals surface area contributed by atoms with Crippen molar-refractivity contribution >= 4 is 11.7 Å². The van der Waals surface area contributed by atoms with Crippen molar-refractivity contribution in [2.45, 2.75) is 18.9 Å². The Bertz CT molecular complexity index is 632. The number of ketones is 1. The molecule has 1 saturated carbocycles. The van der Waals surface area contributed by atoms with Gasteiger partial charge in [0, 0.05) is 12.0 Å². The fraction of sp³-hybridized carbons (Fsp3) is 0.176. The van der Waals surface area contributed by atoms with E-state index >= 15 is 0 Å². The van der Waals surface area contributed by atoms with Gasteiger partial charge in [-0.3, -0.25) is 9.59 Å². The molecule has 0 heterocycles. The van der Waals surface area contributed by atoms with E-state index in [4.69, 9.17) is 0 Å². The number of Topliss-reactive ketones (excluding diaryl/α,β-unsaturated/α-hetero) is 1. The lowest BCUT2D eigenvalue weighted by Gasteiger charge is -2.24. The number of nitrogens with one attached hydrogen (secondary N) is 1. The Labute approximate surface area is 117 Å². The maximum atomic E-state index is 12.0. The van der Waals surface area contributed by atoms with Crippen LogP contribution in [-0.2, 0) is 4.79 Å². The Morgan fingerprint density at radius 1 is 0.950 bits per heavy atom. The average molecular weight is 265 g/mol. The van der Waals surface area contributed by atoms with Crippen molar-refractivity contribution in [3.05, 3.63) is 60.2 Å². The van der Waals surface area contributed by atoms with Crippen LogP contribution in [0.25, 0.3) is 11.1 Å². The van der Waals surface area contributed by atoms with E-state index in [2.05, 4.69) is 5.32 Å². The molecule has 3 heteroatoms. The average Bonchev–Trinajstić information content (AvgIpc) is 2.52. The third-order valence-corrected chi connectivity index (χ3v) is 3.63. The molecule has 0 aliphatic heterocycles. The molecule has 3 rings (SSSR count). The van der Waals surface area contributed by atoms with Crippen LogP contribution in [0.1, 0.15) is 23.2 Å². The van der Waals surface area contributed by atoms with Gasteiger partial charge in [0.25, 0.3) is 5.91 Å². The Morgan fingerprint density at radius 3 is 2.15 bits per heavy atom. The third kappa shape index (κ3) is 2.48. The van der Waals surface area contributed by atoms with E-state index in [1.807, 2.05) is 42.5 Å². The highest BCUT2D eigenvalue weighted by Gasteiger charge is 2.29. The predicted octanol–water partition coefficient (Wildman–Crippen LogP) is 2.81. The minimum atomic E-state index is -0.281. The smallest absolute Gasteiger partial charge is 0.251 e. The van der Waals surface area contributed by atoms with Gasteiger partial charge in [-0.2, -0.15) is 0 Å². The molecule has 0 aromatic heterocycles. The molecule has 0 bridgehead atoms. The summed E-state index contributed by atoms with van der Waals surface area (Å²) < 4.78 is 0. The summed E-state index contributed by atoms with van der Waals surface area (Å²) in [6.45, 7) is 0. The quantitative estimate of drug-likeness (QED) is 0.927. The summed E-state index contributed by atoms with van der Waals surface area (Å²) in [4.78, 5) is 23.2. The zero-order valence-electron chi connectivity index (χ0n) is 11.0. The zero-order chi connectivity index (χ0) is 13.9. The summed E-state index contributed by atoms with van der Waals surface area (Å²) in [6.07, 6.45) is 1.34. The Kier molecular flexibility index (Phi) is 3.33. The van der Waals surface area contributed by atoms with E-state index in [1.54, 1.807) is 12.1 Å². The molecule has 2 aromatic carbocycles. The first-order valence-electron chi connectivity index (χ1n) is 6.73. The number of rotatable bonds is 3. The molecule has 0 unspecified atom stereocenters. The van der Waals surface area contributed by atoms with Crippen molar-refractivity contribution in [2.24, 2.45) is 0 Å². The predicted molar refractivity (Wildman–Crippen MR) is 77.4 cm³/mol. The van der Waals surface area contributed by atoms with Crippen LogP contribution in [0.5, 0.6) is 0 Å². The van der Waals surface area contributed by atoms with E-state index in [1.165, 1.54) is 0 Å². The molecule has 2 aromatic rings. The van der Waals surface area contributed by atoms with Crippen LogP contribution in [0, 0.1) is 0 Å². The molecular weight excluding hydrogens is 250 g/mol. The van der Waals surface area contributed by atoms with Crippen LogP contribution in [0.4, 0.5) is 0 Å². The molecule has 1 fully saturated rings. The van der Waals surface area contributed by atoms with Crippen molar-refractivity contribution in [1.29, 1.82) is 0 Å². The second-order valence-corrected chi connectivity index (χ2v) is 4.97. The van der Waals surface area contributed by atoms with E-state index in [0.717, 1.165) is 17.5 Å². The van der Waals surface area contributed by atoms with Gasteiger partial charge in [-0.1, -0.05) is 42.5 Å². The Balaban J connectivity index is 1.73. The van der Waals surface area contributed by atoms with Gasteiger partial charge in [-0.15, -0.1) is 0 Å². The first-order valence-corrected chi connectivity index (χ1v) is 6.73. The molecule has 100 valence electrons. The molecule has 1 N–H and O–H groups in total. The summed E-state index contributed by atoms with van der Waals surface area (Å²) in [5, 5.41) is 2.75. The molecule has 1 amide bonds. The third-order valence-electron chi connectivity index (χ3n) is 3.63. The fourth-order valence-corrected chi connectivity index (χ4v) is 2.25. The molecule has 0 radical (unpaired) electrons. The molecular formula is C17H15NO2. The van der Waals surface area contributed by atoms with Crippen LogP contribution >= 0.6 is 0 Å². The maximum Gasteiger partial charge on any atom is 0.251 e. The molecule has 20 heavy (non-hydrogen) atoms. The first-order chi connectivity index (χ1) is 9.74. The Hall–Kier alpha value is -2.42. The van der Waals surface area contributed by atoms with Crippen molar-refractivity contribution in [3.63, 3.8) is 0 Å². The number of hydrogen-bond acceptors (Lipinski definition) is 2. The van der Waals surface area contributed by atoms with Crippen molar-refractivity contribution < 1.29 is 9.59 Å². The highest BCUT2D eigenvalue weighted by atomic mass is 16.2. The minimum Gasteiger partial charge on any atom is -0.342 e.